The fraction of sp³-hybridized carbons (Fsp3) is 1.00. The van der Waals surface area contributed by atoms with E-state index in [1.165, 1.54) is 12.8 Å². The van der Waals surface area contributed by atoms with E-state index in [1.807, 2.05) is 0 Å². The van der Waals surface area contributed by atoms with Gasteiger partial charge in [0.2, 0.25) is 0 Å². The Bertz CT molecular complexity index is 84.9. The topological polar surface area (TPSA) is 26.0 Å². The average Bonchev–Trinajstić information content (AvgIpc) is 1.88. The summed E-state index contributed by atoms with van der Waals surface area (Å²) in [6, 6.07) is 0. The van der Waals surface area contributed by atoms with Gasteiger partial charge in [-0.25, -0.2) is 0 Å². The first-order valence-electron chi connectivity index (χ1n) is 4.81. The van der Waals surface area contributed by atoms with E-state index in [-0.39, 0.29) is 0 Å². The van der Waals surface area contributed by atoms with Gasteiger partial charge in [0.05, 0.1) is 0 Å². The second-order valence-corrected chi connectivity index (χ2v) is 4.01. The molecule has 0 aromatic rings. The molecule has 0 saturated carbocycles. The van der Waals surface area contributed by atoms with Crippen LogP contribution in [0.3, 0.4) is 0 Å². The molecule has 0 aromatic heterocycles. The zero-order valence-corrected chi connectivity index (χ0v) is 8.43. The van der Waals surface area contributed by atoms with Crippen LogP contribution in [-0.4, -0.2) is 6.54 Å². The fourth-order valence-corrected chi connectivity index (χ4v) is 1.74. The van der Waals surface area contributed by atoms with Crippen molar-refractivity contribution in [2.75, 3.05) is 6.54 Å². The van der Waals surface area contributed by atoms with E-state index in [4.69, 9.17) is 5.73 Å². The molecule has 0 amide bonds. The molecule has 2 N–H and O–H groups in total. The van der Waals surface area contributed by atoms with Crippen LogP contribution in [-0.2, 0) is 0 Å². The molecule has 0 bridgehead atoms. The van der Waals surface area contributed by atoms with E-state index in [2.05, 4.69) is 27.7 Å². The predicted molar refractivity (Wildman–Crippen MR) is 51.5 cm³/mol. The lowest BCUT2D eigenvalue weighted by Gasteiger charge is -2.22. The van der Waals surface area contributed by atoms with Crippen molar-refractivity contribution >= 4 is 0 Å². The zero-order chi connectivity index (χ0) is 8.85. The van der Waals surface area contributed by atoms with Gasteiger partial charge in [-0.2, -0.15) is 0 Å². The van der Waals surface area contributed by atoms with Crippen LogP contribution in [0.2, 0.25) is 0 Å². The molecular formula is C10H23N. The minimum atomic E-state index is 0.734. The average molecular weight is 157 g/mol. The van der Waals surface area contributed by atoms with Crippen molar-refractivity contribution < 1.29 is 0 Å². The van der Waals surface area contributed by atoms with Crippen LogP contribution in [0.25, 0.3) is 0 Å². The Kier molecular flexibility index (Phi) is 5.57. The number of hydrogen-bond acceptors (Lipinski definition) is 1. The molecule has 1 heteroatoms. The van der Waals surface area contributed by atoms with Gasteiger partial charge in [0.15, 0.2) is 0 Å². The summed E-state index contributed by atoms with van der Waals surface area (Å²) >= 11 is 0. The van der Waals surface area contributed by atoms with Crippen molar-refractivity contribution in [1.29, 1.82) is 0 Å². The van der Waals surface area contributed by atoms with E-state index in [0.29, 0.717) is 0 Å². The lowest BCUT2D eigenvalue weighted by Crippen LogP contribution is -2.21. The van der Waals surface area contributed by atoms with E-state index in [9.17, 15) is 0 Å². The highest BCUT2D eigenvalue weighted by Gasteiger charge is 2.14. The van der Waals surface area contributed by atoms with Crippen LogP contribution in [0.4, 0.5) is 0 Å². The van der Waals surface area contributed by atoms with Crippen molar-refractivity contribution in [3.8, 4) is 0 Å². The molecule has 0 radical (unpaired) electrons. The maximum atomic E-state index is 5.66. The molecule has 0 spiro atoms. The second-order valence-electron chi connectivity index (χ2n) is 4.01. The minimum absolute atomic E-state index is 0.734. The van der Waals surface area contributed by atoms with Crippen LogP contribution in [0.5, 0.6) is 0 Å². The number of hydrogen-bond donors (Lipinski definition) is 1. The molecule has 0 aliphatic heterocycles. The molecule has 0 fully saturated rings. The lowest BCUT2D eigenvalue weighted by atomic mass is 9.85. The first-order valence-corrected chi connectivity index (χ1v) is 4.81. The Labute approximate surface area is 71.4 Å². The first kappa shape index (κ1) is 11.0. The van der Waals surface area contributed by atoms with Crippen LogP contribution in [0.1, 0.15) is 40.5 Å². The van der Waals surface area contributed by atoms with Gasteiger partial charge >= 0.3 is 0 Å². The van der Waals surface area contributed by atoms with Gasteiger partial charge in [-0.15, -0.1) is 0 Å². The minimum Gasteiger partial charge on any atom is -0.330 e. The lowest BCUT2D eigenvalue weighted by molar-refractivity contribution is 0.302. The predicted octanol–water partition coefficient (Wildman–Crippen LogP) is 2.65. The summed E-state index contributed by atoms with van der Waals surface area (Å²) in [6.45, 7) is 9.96. The highest BCUT2D eigenvalue weighted by Crippen LogP contribution is 2.21. The summed E-state index contributed by atoms with van der Waals surface area (Å²) in [5, 5.41) is 0. The Morgan fingerprint density at radius 3 is 2.00 bits per heavy atom. The Morgan fingerprint density at radius 2 is 1.73 bits per heavy atom. The fourth-order valence-electron chi connectivity index (χ4n) is 1.74. The van der Waals surface area contributed by atoms with Gasteiger partial charge < -0.3 is 5.73 Å². The molecule has 0 heterocycles. The van der Waals surface area contributed by atoms with Gasteiger partial charge in [-0.05, 0) is 30.7 Å². The third-order valence-electron chi connectivity index (χ3n) is 2.48. The highest BCUT2D eigenvalue weighted by molar-refractivity contribution is 4.66. The molecule has 0 aliphatic rings. The van der Waals surface area contributed by atoms with Crippen LogP contribution in [0.15, 0.2) is 0 Å². The third-order valence-corrected chi connectivity index (χ3v) is 2.48. The first-order chi connectivity index (χ1) is 5.11. The standard InChI is InChI=1S/C10H23N/c1-5-10(7-11)9(4)6-8(2)3/h8-10H,5-7,11H2,1-4H3. The maximum absolute atomic E-state index is 5.66. The van der Waals surface area contributed by atoms with E-state index in [0.717, 1.165) is 24.3 Å². The second kappa shape index (κ2) is 5.59. The molecule has 2 atom stereocenters. The van der Waals surface area contributed by atoms with Crippen molar-refractivity contribution in [3.63, 3.8) is 0 Å². The van der Waals surface area contributed by atoms with Gasteiger partial charge in [0, 0.05) is 0 Å². The van der Waals surface area contributed by atoms with Crippen molar-refractivity contribution in [2.24, 2.45) is 23.5 Å². The zero-order valence-electron chi connectivity index (χ0n) is 8.43. The van der Waals surface area contributed by atoms with E-state index >= 15 is 0 Å². The Balaban J connectivity index is 3.68. The maximum Gasteiger partial charge on any atom is -0.00464 e. The van der Waals surface area contributed by atoms with Gasteiger partial charge in [0.1, 0.15) is 0 Å². The Morgan fingerprint density at radius 1 is 1.18 bits per heavy atom. The molecule has 0 saturated heterocycles. The van der Waals surface area contributed by atoms with Gasteiger partial charge in [-0.3, -0.25) is 0 Å². The highest BCUT2D eigenvalue weighted by atomic mass is 14.5. The van der Waals surface area contributed by atoms with Crippen LogP contribution in [0, 0.1) is 17.8 Å². The van der Waals surface area contributed by atoms with Crippen LogP contribution >= 0.6 is 0 Å². The van der Waals surface area contributed by atoms with Crippen molar-refractivity contribution in [1.82, 2.24) is 0 Å². The monoisotopic (exact) mass is 157 g/mol. The SMILES string of the molecule is CCC(CN)C(C)CC(C)C. The molecule has 2 unspecified atom stereocenters. The van der Waals surface area contributed by atoms with E-state index in [1.54, 1.807) is 0 Å². The smallest absolute Gasteiger partial charge is 0.00464 e. The molecular weight excluding hydrogens is 134 g/mol. The molecule has 68 valence electrons. The quantitative estimate of drug-likeness (QED) is 0.652. The van der Waals surface area contributed by atoms with Gasteiger partial charge in [0.25, 0.3) is 0 Å². The summed E-state index contributed by atoms with van der Waals surface area (Å²) in [5.41, 5.74) is 5.66. The molecule has 1 nitrogen and oxygen atoms in total. The summed E-state index contributed by atoms with van der Waals surface area (Å²) in [4.78, 5) is 0. The number of rotatable bonds is 5. The normalized spacial score (nSPS) is 16.9. The third kappa shape index (κ3) is 4.41. The van der Waals surface area contributed by atoms with Crippen LogP contribution < -0.4 is 5.73 Å². The summed E-state index contributed by atoms with van der Waals surface area (Å²) in [6.07, 6.45) is 2.54. The summed E-state index contributed by atoms with van der Waals surface area (Å²) in [7, 11) is 0. The van der Waals surface area contributed by atoms with Crippen molar-refractivity contribution in [3.05, 3.63) is 0 Å². The molecule has 0 aromatic carbocycles. The summed E-state index contributed by atoms with van der Waals surface area (Å²) < 4.78 is 0. The largest absolute Gasteiger partial charge is 0.330 e. The van der Waals surface area contributed by atoms with Crippen molar-refractivity contribution in [2.45, 2.75) is 40.5 Å². The molecule has 11 heavy (non-hydrogen) atoms. The van der Waals surface area contributed by atoms with Gasteiger partial charge in [-0.1, -0.05) is 34.1 Å². The summed E-state index contributed by atoms with van der Waals surface area (Å²) in [5.74, 6) is 2.34. The molecule has 0 rings (SSSR count). The Hall–Kier alpha value is -0.0400. The number of nitrogens with two attached hydrogens (primary N) is 1. The van der Waals surface area contributed by atoms with E-state index < -0.39 is 0 Å². The molecule has 0 aliphatic carbocycles.